The maximum absolute atomic E-state index is 11.9. The Morgan fingerprint density at radius 1 is 1.12 bits per heavy atom. The summed E-state index contributed by atoms with van der Waals surface area (Å²) in [6, 6.07) is 14.3. The Hall–Kier alpha value is -3.41. The minimum absolute atomic E-state index is 0.0675. The third-order valence-electron chi connectivity index (χ3n) is 3.60. The number of nitrogens with zero attached hydrogens (tertiary/aromatic N) is 2. The van der Waals surface area contributed by atoms with Crippen LogP contribution in [0.15, 0.2) is 59.1 Å². The SMILES string of the molecule is CN(C)C(=O)c1ccc(NC=C(C=O)c2nc3ccccc3o2)cc1. The minimum atomic E-state index is -0.0675. The first kappa shape index (κ1) is 16.4. The van der Waals surface area contributed by atoms with Gasteiger partial charge in [0, 0.05) is 31.5 Å². The number of benzene rings is 2. The van der Waals surface area contributed by atoms with Crippen LogP contribution in [0.5, 0.6) is 0 Å². The standard InChI is InChI=1S/C19H17N3O3/c1-22(2)19(24)13-7-9-15(10-8-13)20-11-14(12-23)18-21-16-5-3-4-6-17(16)25-18/h3-12,20H,1-2H3. The predicted molar refractivity (Wildman–Crippen MR) is 96.1 cm³/mol. The van der Waals surface area contributed by atoms with Gasteiger partial charge in [0.05, 0.1) is 5.57 Å². The number of aromatic nitrogens is 1. The molecule has 0 aliphatic rings. The summed E-state index contributed by atoms with van der Waals surface area (Å²) in [6.07, 6.45) is 2.21. The molecule has 0 saturated carbocycles. The van der Waals surface area contributed by atoms with E-state index in [0.29, 0.717) is 28.5 Å². The number of hydrogen-bond donors (Lipinski definition) is 1. The number of fused-ring (bicyclic) bond motifs is 1. The molecule has 1 heterocycles. The van der Waals surface area contributed by atoms with Gasteiger partial charge in [0.25, 0.3) is 5.91 Å². The third-order valence-corrected chi connectivity index (χ3v) is 3.60. The number of oxazole rings is 1. The highest BCUT2D eigenvalue weighted by Crippen LogP contribution is 2.20. The van der Waals surface area contributed by atoms with E-state index in [2.05, 4.69) is 10.3 Å². The fourth-order valence-electron chi connectivity index (χ4n) is 2.27. The number of aldehydes is 1. The fourth-order valence-corrected chi connectivity index (χ4v) is 2.27. The molecule has 0 saturated heterocycles. The van der Waals surface area contributed by atoms with Crippen molar-refractivity contribution in [1.82, 2.24) is 9.88 Å². The van der Waals surface area contributed by atoms with E-state index in [0.717, 1.165) is 5.69 Å². The molecular formula is C19H17N3O3. The van der Waals surface area contributed by atoms with Crippen LogP contribution in [-0.4, -0.2) is 36.2 Å². The number of allylic oxidation sites excluding steroid dienone is 1. The smallest absolute Gasteiger partial charge is 0.253 e. The molecule has 0 bridgehead atoms. The van der Waals surface area contributed by atoms with Crippen LogP contribution < -0.4 is 5.32 Å². The van der Waals surface area contributed by atoms with Crippen molar-refractivity contribution in [3.8, 4) is 0 Å². The molecule has 0 unspecified atom stereocenters. The molecule has 0 fully saturated rings. The van der Waals surface area contributed by atoms with Crippen molar-refractivity contribution in [1.29, 1.82) is 0 Å². The number of nitrogens with one attached hydrogen (secondary N) is 1. The lowest BCUT2D eigenvalue weighted by molar-refractivity contribution is -0.103. The third kappa shape index (κ3) is 3.58. The Balaban J connectivity index is 1.79. The van der Waals surface area contributed by atoms with Crippen LogP contribution in [0.2, 0.25) is 0 Å². The largest absolute Gasteiger partial charge is 0.436 e. The van der Waals surface area contributed by atoms with Crippen molar-refractivity contribution in [2.75, 3.05) is 19.4 Å². The van der Waals surface area contributed by atoms with E-state index in [-0.39, 0.29) is 11.8 Å². The summed E-state index contributed by atoms with van der Waals surface area (Å²) in [5.74, 6) is 0.185. The average Bonchev–Trinajstić information content (AvgIpc) is 3.06. The van der Waals surface area contributed by atoms with Gasteiger partial charge in [-0.2, -0.15) is 0 Å². The molecule has 1 amide bonds. The fraction of sp³-hybridized carbons (Fsp3) is 0.105. The van der Waals surface area contributed by atoms with Crippen molar-refractivity contribution >= 4 is 34.6 Å². The number of para-hydroxylation sites is 2. The quantitative estimate of drug-likeness (QED) is 0.572. The van der Waals surface area contributed by atoms with Gasteiger partial charge in [-0.25, -0.2) is 4.98 Å². The van der Waals surface area contributed by atoms with Crippen molar-refractivity contribution in [3.63, 3.8) is 0 Å². The first-order chi connectivity index (χ1) is 12.1. The van der Waals surface area contributed by atoms with E-state index in [9.17, 15) is 9.59 Å². The van der Waals surface area contributed by atoms with Gasteiger partial charge in [-0.3, -0.25) is 9.59 Å². The number of amides is 1. The lowest BCUT2D eigenvalue weighted by Gasteiger charge is -2.10. The van der Waals surface area contributed by atoms with Gasteiger partial charge in [-0.15, -0.1) is 0 Å². The first-order valence-corrected chi connectivity index (χ1v) is 7.68. The zero-order valence-electron chi connectivity index (χ0n) is 13.9. The van der Waals surface area contributed by atoms with Crippen LogP contribution in [-0.2, 0) is 4.79 Å². The summed E-state index contributed by atoms with van der Waals surface area (Å²) in [5.41, 5.74) is 2.94. The maximum Gasteiger partial charge on any atom is 0.253 e. The lowest BCUT2D eigenvalue weighted by atomic mass is 10.2. The van der Waals surface area contributed by atoms with Crippen LogP contribution in [0.1, 0.15) is 16.2 Å². The van der Waals surface area contributed by atoms with Gasteiger partial charge >= 0.3 is 0 Å². The molecule has 3 rings (SSSR count). The number of anilines is 1. The second-order valence-corrected chi connectivity index (χ2v) is 5.63. The lowest BCUT2D eigenvalue weighted by Crippen LogP contribution is -2.21. The molecule has 2 aromatic carbocycles. The molecular weight excluding hydrogens is 318 g/mol. The Kier molecular flexibility index (Phi) is 4.61. The number of hydrogen-bond acceptors (Lipinski definition) is 5. The highest BCUT2D eigenvalue weighted by atomic mass is 16.3. The molecule has 0 spiro atoms. The maximum atomic E-state index is 11.9. The summed E-state index contributed by atoms with van der Waals surface area (Å²) < 4.78 is 5.59. The normalized spacial score (nSPS) is 11.4. The summed E-state index contributed by atoms with van der Waals surface area (Å²) in [6.45, 7) is 0. The summed E-state index contributed by atoms with van der Waals surface area (Å²) in [5, 5.41) is 3.02. The van der Waals surface area contributed by atoms with Gasteiger partial charge in [-0.05, 0) is 36.4 Å². The van der Waals surface area contributed by atoms with E-state index in [1.165, 1.54) is 11.1 Å². The number of rotatable bonds is 5. The van der Waals surface area contributed by atoms with Crippen molar-refractivity contribution in [2.24, 2.45) is 0 Å². The van der Waals surface area contributed by atoms with E-state index >= 15 is 0 Å². The molecule has 0 radical (unpaired) electrons. The second-order valence-electron chi connectivity index (χ2n) is 5.63. The molecule has 1 aromatic heterocycles. The molecule has 126 valence electrons. The Morgan fingerprint density at radius 3 is 2.48 bits per heavy atom. The van der Waals surface area contributed by atoms with Crippen molar-refractivity contribution < 1.29 is 14.0 Å². The summed E-state index contributed by atoms with van der Waals surface area (Å²) in [4.78, 5) is 29.0. The highest BCUT2D eigenvalue weighted by molar-refractivity contribution is 6.06. The van der Waals surface area contributed by atoms with Crippen LogP contribution >= 0.6 is 0 Å². The van der Waals surface area contributed by atoms with Gasteiger partial charge in [0.1, 0.15) is 5.52 Å². The zero-order valence-corrected chi connectivity index (χ0v) is 13.9. The van der Waals surface area contributed by atoms with Gasteiger partial charge in [0.2, 0.25) is 5.89 Å². The van der Waals surface area contributed by atoms with Crippen LogP contribution in [0, 0.1) is 0 Å². The summed E-state index contributed by atoms with van der Waals surface area (Å²) in [7, 11) is 3.40. The van der Waals surface area contributed by atoms with Gasteiger partial charge in [-0.1, -0.05) is 12.1 Å². The molecule has 6 heteroatoms. The van der Waals surface area contributed by atoms with Crippen LogP contribution in [0.3, 0.4) is 0 Å². The van der Waals surface area contributed by atoms with E-state index in [4.69, 9.17) is 4.42 Å². The molecule has 0 aliphatic carbocycles. The molecule has 0 aliphatic heterocycles. The second kappa shape index (κ2) is 7.00. The average molecular weight is 335 g/mol. The summed E-state index contributed by atoms with van der Waals surface area (Å²) >= 11 is 0. The van der Waals surface area contributed by atoms with Gasteiger partial charge < -0.3 is 14.6 Å². The molecule has 3 aromatic rings. The Labute approximate surface area is 144 Å². The molecule has 1 N–H and O–H groups in total. The van der Waals surface area contributed by atoms with Crippen LogP contribution in [0.4, 0.5) is 5.69 Å². The van der Waals surface area contributed by atoms with E-state index in [1.54, 1.807) is 44.4 Å². The molecule has 0 atom stereocenters. The van der Waals surface area contributed by atoms with E-state index < -0.39 is 0 Å². The molecule has 25 heavy (non-hydrogen) atoms. The number of carbonyl (C=O) groups excluding carboxylic acids is 2. The Bertz CT molecular complexity index is 907. The number of carbonyl (C=O) groups is 2. The minimum Gasteiger partial charge on any atom is -0.436 e. The highest BCUT2D eigenvalue weighted by Gasteiger charge is 2.10. The monoisotopic (exact) mass is 335 g/mol. The van der Waals surface area contributed by atoms with E-state index in [1.807, 2.05) is 18.2 Å². The van der Waals surface area contributed by atoms with Crippen molar-refractivity contribution in [2.45, 2.75) is 0 Å². The first-order valence-electron chi connectivity index (χ1n) is 7.68. The topological polar surface area (TPSA) is 75.4 Å². The zero-order chi connectivity index (χ0) is 17.8. The molecule has 6 nitrogen and oxygen atoms in total. The van der Waals surface area contributed by atoms with Gasteiger partial charge in [0.15, 0.2) is 11.9 Å². The predicted octanol–water partition coefficient (Wildman–Crippen LogP) is 3.18. The van der Waals surface area contributed by atoms with Crippen LogP contribution in [0.25, 0.3) is 16.7 Å². The van der Waals surface area contributed by atoms with Crippen molar-refractivity contribution in [3.05, 3.63) is 66.2 Å². The Morgan fingerprint density at radius 2 is 1.84 bits per heavy atom.